The second-order valence-corrected chi connectivity index (χ2v) is 6.71. The van der Waals surface area contributed by atoms with Crippen LogP contribution in [0, 0.1) is 11.8 Å². The van der Waals surface area contributed by atoms with Crippen LogP contribution >= 0.6 is 0 Å². The minimum Gasteiger partial charge on any atom is -0.327 e. The summed E-state index contributed by atoms with van der Waals surface area (Å²) in [7, 11) is 0. The molecule has 3 atom stereocenters. The minimum atomic E-state index is -4.29. The van der Waals surface area contributed by atoms with E-state index in [0.717, 1.165) is 12.8 Å². The molecule has 1 heterocycles. The maximum atomic E-state index is 12.9. The van der Waals surface area contributed by atoms with Crippen LogP contribution in [-0.2, 0) is 14.4 Å². The van der Waals surface area contributed by atoms with E-state index in [0.29, 0.717) is 12.8 Å². The number of hydrogen-bond acceptors (Lipinski definition) is 3. The van der Waals surface area contributed by atoms with Gasteiger partial charge in [-0.15, -0.1) is 0 Å². The van der Waals surface area contributed by atoms with Gasteiger partial charge in [0.15, 0.2) is 0 Å². The summed E-state index contributed by atoms with van der Waals surface area (Å²) in [6.07, 6.45) is -2.29. The highest BCUT2D eigenvalue weighted by molar-refractivity contribution is 6.07. The van der Waals surface area contributed by atoms with Gasteiger partial charge in [0.1, 0.15) is 6.04 Å². The van der Waals surface area contributed by atoms with Gasteiger partial charge in [0.25, 0.3) is 0 Å². The van der Waals surface area contributed by atoms with Crippen molar-refractivity contribution in [1.82, 2.24) is 10.2 Å². The quantitative estimate of drug-likeness (QED) is 0.801. The number of hydrogen-bond donors (Lipinski definition) is 1. The predicted molar refractivity (Wildman–Crippen MR) is 72.9 cm³/mol. The standard InChI is InChI=1S/C15H19F3N2O3/c16-15(17,18)9-3-1-2-8(6-9)14(23)20(10-4-5-10)11-7-12(21)19-13(11)22/h8-11H,1-7H2,(H,19,21,22)/t8-,9+,11-/m0/s1. The molecule has 1 saturated heterocycles. The number of nitrogens with zero attached hydrogens (tertiary/aromatic N) is 1. The van der Waals surface area contributed by atoms with Crippen molar-refractivity contribution in [2.45, 2.75) is 63.2 Å². The Morgan fingerprint density at radius 3 is 2.35 bits per heavy atom. The average Bonchev–Trinajstić information content (AvgIpc) is 3.24. The first-order valence-corrected chi connectivity index (χ1v) is 8.00. The zero-order valence-corrected chi connectivity index (χ0v) is 12.6. The first-order valence-electron chi connectivity index (χ1n) is 8.00. The Morgan fingerprint density at radius 1 is 1.13 bits per heavy atom. The third kappa shape index (κ3) is 3.35. The van der Waals surface area contributed by atoms with Crippen LogP contribution in [0.3, 0.4) is 0 Å². The van der Waals surface area contributed by atoms with Gasteiger partial charge in [-0.3, -0.25) is 19.7 Å². The predicted octanol–water partition coefficient (Wildman–Crippen LogP) is 1.76. The third-order valence-corrected chi connectivity index (χ3v) is 4.96. The Hall–Kier alpha value is -1.60. The zero-order chi connectivity index (χ0) is 16.8. The van der Waals surface area contributed by atoms with Gasteiger partial charge in [0.05, 0.1) is 12.3 Å². The van der Waals surface area contributed by atoms with Crippen LogP contribution in [0.15, 0.2) is 0 Å². The van der Waals surface area contributed by atoms with Crippen molar-refractivity contribution in [3.05, 3.63) is 0 Å². The highest BCUT2D eigenvalue weighted by Gasteiger charge is 2.49. The van der Waals surface area contributed by atoms with E-state index in [-0.39, 0.29) is 25.3 Å². The van der Waals surface area contributed by atoms with Crippen LogP contribution in [0.25, 0.3) is 0 Å². The number of amides is 3. The molecule has 23 heavy (non-hydrogen) atoms. The maximum Gasteiger partial charge on any atom is 0.391 e. The monoisotopic (exact) mass is 332 g/mol. The molecule has 1 aliphatic heterocycles. The van der Waals surface area contributed by atoms with Gasteiger partial charge in [-0.05, 0) is 32.1 Å². The Morgan fingerprint density at radius 2 is 1.83 bits per heavy atom. The van der Waals surface area contributed by atoms with E-state index in [1.807, 2.05) is 0 Å². The summed E-state index contributed by atoms with van der Waals surface area (Å²) in [5, 5.41) is 2.17. The molecule has 0 spiro atoms. The van der Waals surface area contributed by atoms with E-state index >= 15 is 0 Å². The fraction of sp³-hybridized carbons (Fsp3) is 0.800. The summed E-state index contributed by atoms with van der Waals surface area (Å²) in [4.78, 5) is 37.4. The van der Waals surface area contributed by atoms with Gasteiger partial charge in [0.2, 0.25) is 17.7 Å². The third-order valence-electron chi connectivity index (χ3n) is 4.96. The first-order chi connectivity index (χ1) is 10.8. The molecule has 8 heteroatoms. The van der Waals surface area contributed by atoms with Crippen LogP contribution in [0.4, 0.5) is 13.2 Å². The van der Waals surface area contributed by atoms with Gasteiger partial charge in [-0.1, -0.05) is 6.42 Å². The van der Waals surface area contributed by atoms with Gasteiger partial charge in [-0.25, -0.2) is 0 Å². The molecule has 3 fully saturated rings. The summed E-state index contributed by atoms with van der Waals surface area (Å²) in [6.45, 7) is 0. The van der Waals surface area contributed by atoms with Crippen LogP contribution in [-0.4, -0.2) is 40.9 Å². The Bertz CT molecular complexity index is 531. The molecule has 0 unspecified atom stereocenters. The highest BCUT2D eigenvalue weighted by Crippen LogP contribution is 2.42. The number of halogens is 3. The van der Waals surface area contributed by atoms with Gasteiger partial charge in [-0.2, -0.15) is 13.2 Å². The van der Waals surface area contributed by atoms with Crippen molar-refractivity contribution >= 4 is 17.7 Å². The van der Waals surface area contributed by atoms with E-state index in [2.05, 4.69) is 5.32 Å². The normalized spacial score (nSPS) is 31.9. The molecular weight excluding hydrogens is 313 g/mol. The molecule has 5 nitrogen and oxygen atoms in total. The SMILES string of the molecule is O=C1C[C@H](N(C(=O)[C@H]2CCC[C@@H](C(F)(F)F)C2)C2CC2)C(=O)N1. The van der Waals surface area contributed by atoms with E-state index in [4.69, 9.17) is 0 Å². The molecule has 3 aliphatic rings. The van der Waals surface area contributed by atoms with Crippen molar-refractivity contribution in [3.63, 3.8) is 0 Å². The second-order valence-electron chi connectivity index (χ2n) is 6.71. The van der Waals surface area contributed by atoms with Crippen LogP contribution in [0.2, 0.25) is 0 Å². The molecule has 0 aromatic carbocycles. The number of nitrogens with one attached hydrogen (secondary N) is 1. The highest BCUT2D eigenvalue weighted by atomic mass is 19.4. The molecule has 3 rings (SSSR count). The fourth-order valence-corrected chi connectivity index (χ4v) is 3.63. The second kappa shape index (κ2) is 5.79. The maximum absolute atomic E-state index is 12.9. The van der Waals surface area contributed by atoms with Crippen LogP contribution in [0.1, 0.15) is 44.9 Å². The van der Waals surface area contributed by atoms with Crippen molar-refractivity contribution in [3.8, 4) is 0 Å². The molecule has 0 radical (unpaired) electrons. The molecular formula is C15H19F3N2O3. The topological polar surface area (TPSA) is 66.5 Å². The summed E-state index contributed by atoms with van der Waals surface area (Å²) in [5.74, 6) is -3.50. The van der Waals surface area contributed by atoms with Crippen molar-refractivity contribution in [2.75, 3.05) is 0 Å². The Labute approximate surface area is 131 Å². The van der Waals surface area contributed by atoms with Crippen molar-refractivity contribution < 1.29 is 27.6 Å². The van der Waals surface area contributed by atoms with Crippen LogP contribution < -0.4 is 5.32 Å². The molecule has 3 amide bonds. The lowest BCUT2D eigenvalue weighted by atomic mass is 9.80. The number of carbonyl (C=O) groups excluding carboxylic acids is 3. The molecule has 1 N–H and O–H groups in total. The number of alkyl halides is 3. The van der Waals surface area contributed by atoms with Gasteiger partial charge in [0, 0.05) is 12.0 Å². The summed E-state index contributed by atoms with van der Waals surface area (Å²) in [6, 6.07) is -0.968. The van der Waals surface area contributed by atoms with E-state index in [1.54, 1.807) is 0 Å². The average molecular weight is 332 g/mol. The van der Waals surface area contributed by atoms with E-state index < -0.39 is 41.8 Å². The fourth-order valence-electron chi connectivity index (χ4n) is 3.63. The summed E-state index contributed by atoms with van der Waals surface area (Å²) >= 11 is 0. The lowest BCUT2D eigenvalue weighted by molar-refractivity contribution is -0.187. The molecule has 0 aromatic rings. The zero-order valence-electron chi connectivity index (χ0n) is 12.6. The molecule has 0 bridgehead atoms. The van der Waals surface area contributed by atoms with E-state index in [9.17, 15) is 27.6 Å². The number of carbonyl (C=O) groups is 3. The summed E-state index contributed by atoms with van der Waals surface area (Å²) < 4.78 is 38.8. The van der Waals surface area contributed by atoms with Crippen molar-refractivity contribution in [1.29, 1.82) is 0 Å². The van der Waals surface area contributed by atoms with Crippen LogP contribution in [0.5, 0.6) is 0 Å². The number of imide groups is 1. The lowest BCUT2D eigenvalue weighted by Gasteiger charge is -2.35. The molecule has 2 aliphatic carbocycles. The van der Waals surface area contributed by atoms with Gasteiger partial charge >= 0.3 is 6.18 Å². The molecule has 2 saturated carbocycles. The van der Waals surface area contributed by atoms with Gasteiger partial charge < -0.3 is 4.90 Å². The largest absolute Gasteiger partial charge is 0.391 e. The molecule has 128 valence electrons. The smallest absolute Gasteiger partial charge is 0.327 e. The Kier molecular flexibility index (Phi) is 4.10. The number of rotatable bonds is 3. The Balaban J connectivity index is 1.74. The molecule has 0 aromatic heterocycles. The lowest BCUT2D eigenvalue weighted by Crippen LogP contribution is -2.49. The summed E-state index contributed by atoms with van der Waals surface area (Å²) in [5.41, 5.74) is 0. The first kappa shape index (κ1) is 16.3. The van der Waals surface area contributed by atoms with Crippen molar-refractivity contribution in [2.24, 2.45) is 11.8 Å². The van der Waals surface area contributed by atoms with E-state index in [1.165, 1.54) is 4.90 Å². The minimum absolute atomic E-state index is 0.0547.